The van der Waals surface area contributed by atoms with Crippen molar-refractivity contribution >= 4 is 17.1 Å². The van der Waals surface area contributed by atoms with E-state index in [4.69, 9.17) is 4.74 Å². The van der Waals surface area contributed by atoms with E-state index in [1.165, 1.54) is 0 Å². The third kappa shape index (κ3) is 5.17. The average molecular weight is 400 g/mol. The Balaban J connectivity index is 1.60. The molecule has 0 aromatic carbocycles. The topological polar surface area (TPSA) is 64.4 Å². The van der Waals surface area contributed by atoms with Gasteiger partial charge in [-0.2, -0.15) is 0 Å². The molecular formula is C23H33N3O3. The Morgan fingerprint density at radius 2 is 1.93 bits per heavy atom. The number of pyridine rings is 2. The molecule has 1 aliphatic heterocycles. The van der Waals surface area contributed by atoms with E-state index in [-0.39, 0.29) is 17.1 Å². The number of piperidine rings is 1. The second kappa shape index (κ2) is 8.56. The largest absolute Gasteiger partial charge is 0.444 e. The summed E-state index contributed by atoms with van der Waals surface area (Å²) in [5.74, 6) is 0. The van der Waals surface area contributed by atoms with E-state index < -0.39 is 5.60 Å². The molecule has 1 aliphatic rings. The molecule has 0 radical (unpaired) electrons. The van der Waals surface area contributed by atoms with Gasteiger partial charge >= 0.3 is 6.09 Å². The summed E-state index contributed by atoms with van der Waals surface area (Å²) in [7, 11) is 0. The molecule has 6 heteroatoms. The summed E-state index contributed by atoms with van der Waals surface area (Å²) in [6, 6.07) is 7.33. The van der Waals surface area contributed by atoms with Crippen molar-refractivity contribution in [2.45, 2.75) is 71.9 Å². The molecule has 1 fully saturated rings. The molecule has 2 aromatic rings. The maximum atomic E-state index is 12.4. The van der Waals surface area contributed by atoms with Gasteiger partial charge in [0.2, 0.25) is 0 Å². The molecule has 0 bridgehead atoms. The van der Waals surface area contributed by atoms with E-state index in [0.717, 1.165) is 56.2 Å². The monoisotopic (exact) mass is 399 g/mol. The van der Waals surface area contributed by atoms with Crippen LogP contribution in [-0.2, 0) is 11.3 Å². The van der Waals surface area contributed by atoms with Crippen molar-refractivity contribution in [2.75, 3.05) is 13.1 Å². The molecule has 0 saturated carbocycles. The number of fused-ring (bicyclic) bond motifs is 1. The summed E-state index contributed by atoms with van der Waals surface area (Å²) < 4.78 is 7.30. The lowest BCUT2D eigenvalue weighted by atomic mass is 9.73. The summed E-state index contributed by atoms with van der Waals surface area (Å²) >= 11 is 0. The molecule has 3 rings (SSSR count). The quantitative estimate of drug-likeness (QED) is 0.737. The highest BCUT2D eigenvalue weighted by Gasteiger charge is 2.35. The van der Waals surface area contributed by atoms with Gasteiger partial charge in [0.1, 0.15) is 11.2 Å². The van der Waals surface area contributed by atoms with Crippen LogP contribution in [0.25, 0.3) is 11.0 Å². The first kappa shape index (κ1) is 21.3. The van der Waals surface area contributed by atoms with Crippen LogP contribution in [0.2, 0.25) is 0 Å². The number of carbonyl (C=O) groups is 1. The van der Waals surface area contributed by atoms with Crippen molar-refractivity contribution in [1.82, 2.24) is 14.5 Å². The van der Waals surface area contributed by atoms with E-state index >= 15 is 0 Å². The number of likely N-dealkylation sites (tertiary alicyclic amines) is 1. The molecule has 29 heavy (non-hydrogen) atoms. The zero-order valence-electron chi connectivity index (χ0n) is 18.1. The Morgan fingerprint density at radius 3 is 2.59 bits per heavy atom. The van der Waals surface area contributed by atoms with Crippen LogP contribution < -0.4 is 5.56 Å². The summed E-state index contributed by atoms with van der Waals surface area (Å²) in [6.07, 6.45) is 6.53. The number of nitrogens with zero attached hydrogens (tertiary/aromatic N) is 3. The molecule has 2 aromatic heterocycles. The molecular weight excluding hydrogens is 366 g/mol. The van der Waals surface area contributed by atoms with Crippen molar-refractivity contribution in [1.29, 1.82) is 0 Å². The van der Waals surface area contributed by atoms with Crippen LogP contribution in [0.5, 0.6) is 0 Å². The van der Waals surface area contributed by atoms with Crippen molar-refractivity contribution in [3.63, 3.8) is 0 Å². The average Bonchev–Trinajstić information content (AvgIpc) is 2.69. The van der Waals surface area contributed by atoms with E-state index in [1.54, 1.807) is 16.8 Å². The lowest BCUT2D eigenvalue weighted by molar-refractivity contribution is 0.00788. The molecule has 1 saturated heterocycles. The highest BCUT2D eigenvalue weighted by molar-refractivity contribution is 5.74. The zero-order valence-corrected chi connectivity index (χ0v) is 18.1. The first-order valence-corrected chi connectivity index (χ1v) is 10.7. The van der Waals surface area contributed by atoms with Crippen LogP contribution in [0.4, 0.5) is 4.79 Å². The summed E-state index contributed by atoms with van der Waals surface area (Å²) in [5.41, 5.74) is 0.516. The molecule has 0 spiro atoms. The van der Waals surface area contributed by atoms with Gasteiger partial charge in [-0.15, -0.1) is 0 Å². The summed E-state index contributed by atoms with van der Waals surface area (Å²) in [5, 5.41) is 0.989. The minimum atomic E-state index is -0.462. The Morgan fingerprint density at radius 1 is 1.21 bits per heavy atom. The van der Waals surface area contributed by atoms with Gasteiger partial charge in [-0.25, -0.2) is 9.78 Å². The number of rotatable bonds is 5. The Labute approximate surface area is 172 Å². The number of hydrogen-bond acceptors (Lipinski definition) is 4. The number of aromatic nitrogens is 2. The van der Waals surface area contributed by atoms with Crippen LogP contribution in [0.15, 0.2) is 35.3 Å². The number of ether oxygens (including phenoxy) is 1. The fourth-order valence-electron chi connectivity index (χ4n) is 4.22. The van der Waals surface area contributed by atoms with Crippen LogP contribution >= 0.6 is 0 Å². The zero-order chi connectivity index (χ0) is 21.1. The molecule has 158 valence electrons. The third-order valence-corrected chi connectivity index (χ3v) is 6.06. The summed E-state index contributed by atoms with van der Waals surface area (Å²) in [4.78, 5) is 30.9. The van der Waals surface area contributed by atoms with Crippen LogP contribution in [-0.4, -0.2) is 39.2 Å². The fraction of sp³-hybridized carbons (Fsp3) is 0.609. The lowest BCUT2D eigenvalue weighted by Gasteiger charge is -2.41. The van der Waals surface area contributed by atoms with Gasteiger partial charge < -0.3 is 9.64 Å². The predicted molar refractivity (Wildman–Crippen MR) is 115 cm³/mol. The molecule has 3 heterocycles. The number of hydrogen-bond donors (Lipinski definition) is 0. The Kier molecular flexibility index (Phi) is 6.30. The van der Waals surface area contributed by atoms with Crippen molar-refractivity contribution in [3.8, 4) is 0 Å². The maximum Gasteiger partial charge on any atom is 0.410 e. The molecule has 0 unspecified atom stereocenters. The Bertz CT molecular complexity index is 905. The smallest absolute Gasteiger partial charge is 0.410 e. The highest BCUT2D eigenvalue weighted by Crippen LogP contribution is 2.39. The lowest BCUT2D eigenvalue weighted by Crippen LogP contribution is -2.45. The molecule has 0 N–H and O–H groups in total. The van der Waals surface area contributed by atoms with Crippen LogP contribution in [0, 0.1) is 5.41 Å². The second-order valence-corrected chi connectivity index (χ2v) is 9.16. The minimum Gasteiger partial charge on any atom is -0.444 e. The van der Waals surface area contributed by atoms with Gasteiger partial charge in [-0.3, -0.25) is 9.36 Å². The number of aryl methyl sites for hydroxylation is 1. The first-order valence-electron chi connectivity index (χ1n) is 10.7. The molecule has 0 atom stereocenters. The van der Waals surface area contributed by atoms with Gasteiger partial charge in [-0.05, 0) is 70.1 Å². The Hall–Kier alpha value is -2.37. The third-order valence-electron chi connectivity index (χ3n) is 6.06. The minimum absolute atomic E-state index is 0.00138. The van der Waals surface area contributed by atoms with Crippen LogP contribution in [0.3, 0.4) is 0 Å². The predicted octanol–water partition coefficient (Wildman–Crippen LogP) is 4.60. The van der Waals surface area contributed by atoms with E-state index in [9.17, 15) is 9.59 Å². The van der Waals surface area contributed by atoms with Crippen molar-refractivity contribution in [2.24, 2.45) is 5.41 Å². The second-order valence-electron chi connectivity index (χ2n) is 9.16. The fourth-order valence-corrected chi connectivity index (χ4v) is 4.22. The van der Waals surface area contributed by atoms with E-state index in [0.29, 0.717) is 6.54 Å². The number of carbonyl (C=O) groups excluding carboxylic acids is 1. The van der Waals surface area contributed by atoms with Crippen molar-refractivity contribution in [3.05, 3.63) is 40.8 Å². The molecule has 6 nitrogen and oxygen atoms in total. The SMILES string of the molecule is CCC1(CCCn2c(=O)ccc3cccnc32)CCN(C(=O)OC(C)(C)C)CC1. The van der Waals surface area contributed by atoms with Gasteiger partial charge in [0.25, 0.3) is 5.56 Å². The first-order chi connectivity index (χ1) is 13.7. The molecule has 1 amide bonds. The van der Waals surface area contributed by atoms with E-state index in [2.05, 4.69) is 11.9 Å². The van der Waals surface area contributed by atoms with Crippen LogP contribution in [0.1, 0.15) is 59.8 Å². The van der Waals surface area contributed by atoms with Crippen molar-refractivity contribution < 1.29 is 9.53 Å². The van der Waals surface area contributed by atoms with Gasteiger partial charge in [-0.1, -0.05) is 13.3 Å². The van der Waals surface area contributed by atoms with Gasteiger partial charge in [0.05, 0.1) is 0 Å². The highest BCUT2D eigenvalue weighted by atomic mass is 16.6. The maximum absolute atomic E-state index is 12.4. The van der Waals surface area contributed by atoms with E-state index in [1.807, 2.05) is 43.9 Å². The normalized spacial score (nSPS) is 16.8. The van der Waals surface area contributed by atoms with Gasteiger partial charge in [0, 0.05) is 37.3 Å². The van der Waals surface area contributed by atoms with Gasteiger partial charge in [0.15, 0.2) is 0 Å². The molecule has 0 aliphatic carbocycles. The summed E-state index contributed by atoms with van der Waals surface area (Å²) in [6.45, 7) is 10.1. The standard InChI is InChI=1S/C23H33N3O3/c1-5-23(12-16-25(17-13-23)21(28)29-22(2,3)4)11-7-15-26-19(27)10-9-18-8-6-14-24-20(18)26/h6,8-10,14H,5,7,11-13,15-17H2,1-4H3. The number of amides is 1.